The average Bonchev–Trinajstić information content (AvgIpc) is 3.11. The SMILES string of the molecule is CC(C)(C)c1nc(-c2cccc(C(CC(F)(F)F)S(N)(=O)=O)c2Cl)c(-c2ccnc(Cl)n2)s1. The van der Waals surface area contributed by atoms with Crippen molar-refractivity contribution in [3.63, 3.8) is 0 Å². The van der Waals surface area contributed by atoms with Crippen molar-refractivity contribution in [2.75, 3.05) is 0 Å². The van der Waals surface area contributed by atoms with Crippen LogP contribution in [0.4, 0.5) is 13.2 Å². The standard InChI is InChI=1S/C20H19Cl2F3N4O2S2/c1-19(2,3)17-29-15(16(32-17)12-7-8-27-18(22)28-12)11-6-4-5-10(14(11)21)13(33(26,30)31)9-20(23,24)25/h4-8,13H,9H2,1-3H3,(H2,26,30,31). The Kier molecular flexibility index (Phi) is 7.12. The second-order valence-corrected chi connectivity index (χ2v) is 11.7. The zero-order valence-corrected chi connectivity index (χ0v) is 20.8. The summed E-state index contributed by atoms with van der Waals surface area (Å²) in [6, 6.07) is 5.79. The lowest BCUT2D eigenvalue weighted by molar-refractivity contribution is -0.134. The maximum absolute atomic E-state index is 13.1. The fraction of sp³-hybridized carbons (Fsp3) is 0.350. The highest BCUT2D eigenvalue weighted by molar-refractivity contribution is 7.89. The third-order valence-corrected chi connectivity index (χ3v) is 7.89. The van der Waals surface area contributed by atoms with Crippen molar-refractivity contribution in [2.24, 2.45) is 5.14 Å². The minimum absolute atomic E-state index is 0.00322. The molecule has 0 aliphatic carbocycles. The van der Waals surface area contributed by atoms with Crippen molar-refractivity contribution < 1.29 is 21.6 Å². The third-order valence-electron chi connectivity index (χ3n) is 4.57. The smallest absolute Gasteiger partial charge is 0.240 e. The second kappa shape index (κ2) is 9.10. The summed E-state index contributed by atoms with van der Waals surface area (Å²) in [5.41, 5.74) is 0.412. The molecule has 0 radical (unpaired) electrons. The van der Waals surface area contributed by atoms with Gasteiger partial charge in [-0.05, 0) is 23.2 Å². The lowest BCUT2D eigenvalue weighted by Crippen LogP contribution is -2.27. The molecular formula is C20H19Cl2F3N4O2S2. The minimum Gasteiger partial charge on any atom is -0.240 e. The van der Waals surface area contributed by atoms with Gasteiger partial charge in [0.1, 0.15) is 5.25 Å². The van der Waals surface area contributed by atoms with E-state index in [1.165, 1.54) is 29.7 Å². The number of nitrogens with two attached hydrogens (primary N) is 1. The Labute approximate surface area is 203 Å². The molecule has 0 saturated carbocycles. The quantitative estimate of drug-likeness (QED) is 0.392. The lowest BCUT2D eigenvalue weighted by Gasteiger charge is -2.19. The highest BCUT2D eigenvalue weighted by atomic mass is 35.5. The second-order valence-electron chi connectivity index (χ2n) is 8.26. The zero-order valence-electron chi connectivity index (χ0n) is 17.6. The van der Waals surface area contributed by atoms with Crippen LogP contribution in [-0.2, 0) is 15.4 Å². The van der Waals surface area contributed by atoms with Gasteiger partial charge in [-0.3, -0.25) is 0 Å². The van der Waals surface area contributed by atoms with Crippen molar-refractivity contribution in [2.45, 2.75) is 44.0 Å². The summed E-state index contributed by atoms with van der Waals surface area (Å²) in [4.78, 5) is 13.3. The molecule has 0 bridgehead atoms. The predicted molar refractivity (Wildman–Crippen MR) is 124 cm³/mol. The van der Waals surface area contributed by atoms with Crippen LogP contribution >= 0.6 is 34.5 Å². The van der Waals surface area contributed by atoms with Gasteiger partial charge in [-0.15, -0.1) is 11.3 Å². The molecule has 0 saturated heterocycles. The first-order valence-electron chi connectivity index (χ1n) is 9.45. The summed E-state index contributed by atoms with van der Waals surface area (Å²) in [5, 5.41) is 3.60. The maximum Gasteiger partial charge on any atom is 0.390 e. The molecule has 1 aromatic carbocycles. The number of benzene rings is 1. The largest absolute Gasteiger partial charge is 0.390 e. The topological polar surface area (TPSA) is 98.8 Å². The Morgan fingerprint density at radius 2 is 1.79 bits per heavy atom. The fourth-order valence-electron chi connectivity index (χ4n) is 3.05. The number of alkyl halides is 3. The molecule has 0 amide bonds. The van der Waals surface area contributed by atoms with Crippen LogP contribution in [-0.4, -0.2) is 29.5 Å². The van der Waals surface area contributed by atoms with E-state index in [1.807, 2.05) is 20.8 Å². The van der Waals surface area contributed by atoms with Gasteiger partial charge in [-0.2, -0.15) is 13.2 Å². The average molecular weight is 539 g/mol. The fourth-order valence-corrected chi connectivity index (χ4v) is 5.69. The monoisotopic (exact) mass is 538 g/mol. The number of aromatic nitrogens is 3. The van der Waals surface area contributed by atoms with Crippen LogP contribution in [0.2, 0.25) is 10.3 Å². The van der Waals surface area contributed by atoms with Crippen LogP contribution in [0.1, 0.15) is 43.0 Å². The summed E-state index contributed by atoms with van der Waals surface area (Å²) < 4.78 is 63.5. The Morgan fingerprint density at radius 3 is 2.33 bits per heavy atom. The zero-order chi connectivity index (χ0) is 24.8. The van der Waals surface area contributed by atoms with Crippen molar-refractivity contribution in [3.05, 3.63) is 51.3 Å². The molecule has 1 atom stereocenters. The van der Waals surface area contributed by atoms with E-state index in [1.54, 1.807) is 12.1 Å². The van der Waals surface area contributed by atoms with E-state index >= 15 is 0 Å². The molecule has 0 fully saturated rings. The molecule has 0 aliphatic rings. The van der Waals surface area contributed by atoms with Crippen LogP contribution in [0.3, 0.4) is 0 Å². The maximum atomic E-state index is 13.1. The van der Waals surface area contributed by atoms with Crippen LogP contribution < -0.4 is 5.14 Å². The molecule has 6 nitrogen and oxygen atoms in total. The Morgan fingerprint density at radius 1 is 1.12 bits per heavy atom. The van der Waals surface area contributed by atoms with Gasteiger partial charge < -0.3 is 0 Å². The van der Waals surface area contributed by atoms with Gasteiger partial charge in [0.2, 0.25) is 15.3 Å². The number of thiazole rings is 1. The van der Waals surface area contributed by atoms with Crippen molar-refractivity contribution in [1.29, 1.82) is 0 Å². The van der Waals surface area contributed by atoms with E-state index in [-0.39, 0.29) is 26.8 Å². The summed E-state index contributed by atoms with van der Waals surface area (Å²) in [7, 11) is -4.62. The van der Waals surface area contributed by atoms with Gasteiger partial charge in [0.15, 0.2) is 0 Å². The van der Waals surface area contributed by atoms with E-state index < -0.39 is 27.9 Å². The predicted octanol–water partition coefficient (Wildman–Crippen LogP) is 6.15. The van der Waals surface area contributed by atoms with Gasteiger partial charge in [0, 0.05) is 17.2 Å². The number of halogens is 5. The summed E-state index contributed by atoms with van der Waals surface area (Å²) >= 11 is 13.8. The van der Waals surface area contributed by atoms with Gasteiger partial charge >= 0.3 is 6.18 Å². The highest BCUT2D eigenvalue weighted by Gasteiger charge is 2.39. The molecule has 3 aromatic rings. The first kappa shape index (κ1) is 25.8. The molecule has 2 N–H and O–H groups in total. The first-order valence-corrected chi connectivity index (χ1v) is 12.6. The first-order chi connectivity index (χ1) is 15.1. The number of primary sulfonamides is 1. The van der Waals surface area contributed by atoms with Crippen LogP contribution in [0.25, 0.3) is 21.8 Å². The minimum atomic E-state index is -4.78. The van der Waals surface area contributed by atoms with Crippen molar-refractivity contribution in [1.82, 2.24) is 15.0 Å². The summed E-state index contributed by atoms with van der Waals surface area (Å²) in [5.74, 6) is 0. The number of hydrogen-bond donors (Lipinski definition) is 1. The molecule has 33 heavy (non-hydrogen) atoms. The Balaban J connectivity index is 2.27. The Bertz CT molecular complexity index is 1290. The van der Waals surface area contributed by atoms with Crippen molar-refractivity contribution in [3.8, 4) is 21.8 Å². The van der Waals surface area contributed by atoms with E-state index in [4.69, 9.17) is 28.3 Å². The molecule has 13 heteroatoms. The number of hydrogen-bond acceptors (Lipinski definition) is 6. The van der Waals surface area contributed by atoms with E-state index in [9.17, 15) is 21.6 Å². The molecule has 0 spiro atoms. The van der Waals surface area contributed by atoms with Gasteiger partial charge in [-0.25, -0.2) is 28.5 Å². The molecule has 2 aromatic heterocycles. The van der Waals surface area contributed by atoms with Gasteiger partial charge in [0.25, 0.3) is 0 Å². The molecule has 1 unspecified atom stereocenters. The van der Waals surface area contributed by atoms with Crippen LogP contribution in [0.5, 0.6) is 0 Å². The molecular weight excluding hydrogens is 520 g/mol. The number of rotatable bonds is 5. The van der Waals surface area contributed by atoms with E-state index in [2.05, 4.69) is 15.0 Å². The van der Waals surface area contributed by atoms with Crippen LogP contribution in [0, 0.1) is 0 Å². The lowest BCUT2D eigenvalue weighted by atomic mass is 9.98. The van der Waals surface area contributed by atoms with Gasteiger partial charge in [0.05, 0.1) is 32.7 Å². The van der Waals surface area contributed by atoms with Crippen LogP contribution in [0.15, 0.2) is 30.5 Å². The molecule has 0 aliphatic heterocycles. The number of nitrogens with zero attached hydrogens (tertiary/aromatic N) is 3. The number of sulfonamides is 1. The Hall–Kier alpha value is -1.79. The van der Waals surface area contributed by atoms with E-state index in [0.29, 0.717) is 21.3 Å². The summed E-state index contributed by atoms with van der Waals surface area (Å²) in [6.45, 7) is 5.85. The summed E-state index contributed by atoms with van der Waals surface area (Å²) in [6.07, 6.45) is -4.99. The van der Waals surface area contributed by atoms with Gasteiger partial charge in [-0.1, -0.05) is 50.6 Å². The highest BCUT2D eigenvalue weighted by Crippen LogP contribution is 2.45. The van der Waals surface area contributed by atoms with E-state index in [0.717, 1.165) is 0 Å². The molecule has 3 rings (SSSR count). The molecule has 178 valence electrons. The third kappa shape index (κ3) is 6.02. The van der Waals surface area contributed by atoms with Crippen molar-refractivity contribution >= 4 is 44.6 Å². The molecule has 2 heterocycles. The normalized spacial score (nSPS) is 13.8.